The number of hydrogen-bond donors (Lipinski definition) is 0. The van der Waals surface area contributed by atoms with Gasteiger partial charge in [0.1, 0.15) is 11.7 Å². The van der Waals surface area contributed by atoms with Gasteiger partial charge in [-0.1, -0.05) is 13.8 Å². The van der Waals surface area contributed by atoms with Gasteiger partial charge in [0.2, 0.25) is 0 Å². The van der Waals surface area contributed by atoms with E-state index in [0.717, 1.165) is 0 Å². The Balaban J connectivity index is 3.14. The minimum atomic E-state index is -0.848. The van der Waals surface area contributed by atoms with Crippen LogP contribution in [0.15, 0.2) is 18.2 Å². The van der Waals surface area contributed by atoms with Crippen molar-refractivity contribution in [2.75, 3.05) is 7.11 Å². The third kappa shape index (κ3) is 2.94. The van der Waals surface area contributed by atoms with E-state index in [9.17, 15) is 14.0 Å². The number of methoxy groups -OCH3 is 1. The molecule has 3 nitrogen and oxygen atoms in total. The van der Waals surface area contributed by atoms with Crippen molar-refractivity contribution < 1.29 is 18.7 Å². The highest BCUT2D eigenvalue weighted by Gasteiger charge is 2.32. The Morgan fingerprint density at radius 3 is 2.33 bits per heavy atom. The molecule has 0 amide bonds. The van der Waals surface area contributed by atoms with E-state index in [1.54, 1.807) is 20.8 Å². The van der Waals surface area contributed by atoms with E-state index < -0.39 is 17.7 Å². The summed E-state index contributed by atoms with van der Waals surface area (Å²) in [4.78, 5) is 23.9. The molecule has 0 fully saturated rings. The average molecular weight is 252 g/mol. The molecule has 4 heteroatoms. The van der Waals surface area contributed by atoms with Crippen molar-refractivity contribution in [2.24, 2.45) is 11.8 Å². The van der Waals surface area contributed by atoms with Gasteiger partial charge in [-0.3, -0.25) is 9.59 Å². The maximum absolute atomic E-state index is 13.0. The third-order valence-corrected chi connectivity index (χ3v) is 2.86. The first-order valence-corrected chi connectivity index (χ1v) is 5.76. The summed E-state index contributed by atoms with van der Waals surface area (Å²) in [7, 11) is 1.25. The lowest BCUT2D eigenvalue weighted by Crippen LogP contribution is -2.30. The van der Waals surface area contributed by atoms with Crippen molar-refractivity contribution in [3.05, 3.63) is 35.1 Å². The molecular weight excluding hydrogens is 235 g/mol. The molecule has 18 heavy (non-hydrogen) atoms. The number of hydrogen-bond acceptors (Lipinski definition) is 3. The topological polar surface area (TPSA) is 43.4 Å². The SMILES string of the molecule is COC(=O)C(C(=O)c1ccc(F)cc1C)C(C)C. The molecule has 0 radical (unpaired) electrons. The number of Topliss-reactive ketones (excluding diaryl/α,β-unsaturated/α-hetero) is 1. The van der Waals surface area contributed by atoms with Gasteiger partial charge in [-0.2, -0.15) is 0 Å². The van der Waals surface area contributed by atoms with E-state index in [1.807, 2.05) is 0 Å². The Labute approximate surface area is 106 Å². The van der Waals surface area contributed by atoms with Crippen LogP contribution in [0, 0.1) is 24.6 Å². The van der Waals surface area contributed by atoms with Crippen molar-refractivity contribution >= 4 is 11.8 Å². The van der Waals surface area contributed by atoms with Crippen molar-refractivity contribution in [3.63, 3.8) is 0 Å². The van der Waals surface area contributed by atoms with E-state index in [2.05, 4.69) is 4.74 Å². The fourth-order valence-corrected chi connectivity index (χ4v) is 1.88. The summed E-state index contributed by atoms with van der Waals surface area (Å²) in [5.74, 6) is -2.30. The molecule has 1 atom stereocenters. The van der Waals surface area contributed by atoms with E-state index in [4.69, 9.17) is 0 Å². The van der Waals surface area contributed by atoms with Gasteiger partial charge < -0.3 is 4.74 Å². The lowest BCUT2D eigenvalue weighted by Gasteiger charge is -2.18. The highest BCUT2D eigenvalue weighted by atomic mass is 19.1. The van der Waals surface area contributed by atoms with Crippen LogP contribution in [-0.4, -0.2) is 18.9 Å². The predicted molar refractivity (Wildman–Crippen MR) is 65.8 cm³/mol. The number of benzene rings is 1. The molecule has 0 heterocycles. The summed E-state index contributed by atoms with van der Waals surface area (Å²) < 4.78 is 17.6. The van der Waals surface area contributed by atoms with Crippen molar-refractivity contribution in [3.8, 4) is 0 Å². The molecule has 0 aromatic heterocycles. The van der Waals surface area contributed by atoms with Crippen LogP contribution in [0.3, 0.4) is 0 Å². The van der Waals surface area contributed by atoms with Crippen LogP contribution >= 0.6 is 0 Å². The van der Waals surface area contributed by atoms with Gasteiger partial charge in [0.05, 0.1) is 7.11 Å². The van der Waals surface area contributed by atoms with Gasteiger partial charge in [-0.05, 0) is 36.6 Å². The zero-order chi connectivity index (χ0) is 13.9. The van der Waals surface area contributed by atoms with Crippen LogP contribution in [0.4, 0.5) is 4.39 Å². The summed E-state index contributed by atoms with van der Waals surface area (Å²) in [6, 6.07) is 3.90. The Hall–Kier alpha value is -1.71. The highest BCUT2D eigenvalue weighted by molar-refractivity contribution is 6.09. The zero-order valence-electron chi connectivity index (χ0n) is 11.0. The fraction of sp³-hybridized carbons (Fsp3) is 0.429. The summed E-state index contributed by atoms with van der Waals surface area (Å²) in [6.45, 7) is 5.20. The van der Waals surface area contributed by atoms with Gasteiger partial charge >= 0.3 is 5.97 Å². The second-order valence-electron chi connectivity index (χ2n) is 4.57. The largest absolute Gasteiger partial charge is 0.468 e. The number of carbonyl (C=O) groups is 2. The average Bonchev–Trinajstić information content (AvgIpc) is 2.28. The smallest absolute Gasteiger partial charge is 0.316 e. The number of esters is 1. The molecule has 0 saturated heterocycles. The van der Waals surface area contributed by atoms with Gasteiger partial charge in [0, 0.05) is 5.56 Å². The molecular formula is C14H17FO3. The zero-order valence-corrected chi connectivity index (χ0v) is 11.0. The summed E-state index contributed by atoms with van der Waals surface area (Å²) >= 11 is 0. The number of ether oxygens (including phenoxy) is 1. The molecule has 0 aliphatic rings. The lowest BCUT2D eigenvalue weighted by atomic mass is 9.86. The first kappa shape index (κ1) is 14.4. The summed E-state index contributed by atoms with van der Waals surface area (Å²) in [5, 5.41) is 0. The lowest BCUT2D eigenvalue weighted by molar-refractivity contribution is -0.144. The predicted octanol–water partition coefficient (Wildman–Crippen LogP) is 2.76. The monoisotopic (exact) mass is 252 g/mol. The molecule has 0 aliphatic carbocycles. The van der Waals surface area contributed by atoms with Crippen LogP contribution in [-0.2, 0) is 9.53 Å². The van der Waals surface area contributed by atoms with Gasteiger partial charge in [-0.15, -0.1) is 0 Å². The third-order valence-electron chi connectivity index (χ3n) is 2.86. The molecule has 0 aliphatic heterocycles. The van der Waals surface area contributed by atoms with E-state index in [0.29, 0.717) is 11.1 Å². The van der Waals surface area contributed by atoms with Crippen LogP contribution < -0.4 is 0 Å². The number of rotatable bonds is 4. The molecule has 1 unspecified atom stereocenters. The minimum Gasteiger partial charge on any atom is -0.468 e. The van der Waals surface area contributed by atoms with Crippen LogP contribution in [0.1, 0.15) is 29.8 Å². The highest BCUT2D eigenvalue weighted by Crippen LogP contribution is 2.21. The van der Waals surface area contributed by atoms with Crippen molar-refractivity contribution in [1.82, 2.24) is 0 Å². The Morgan fingerprint density at radius 1 is 1.28 bits per heavy atom. The van der Waals surface area contributed by atoms with Crippen LogP contribution in [0.5, 0.6) is 0 Å². The minimum absolute atomic E-state index is 0.172. The molecule has 1 aromatic rings. The number of ketones is 1. The first-order chi connectivity index (χ1) is 8.38. The Morgan fingerprint density at radius 2 is 1.89 bits per heavy atom. The van der Waals surface area contributed by atoms with Gasteiger partial charge in [-0.25, -0.2) is 4.39 Å². The molecule has 0 N–H and O–H groups in total. The number of carbonyl (C=O) groups excluding carboxylic acids is 2. The molecule has 98 valence electrons. The normalized spacial score (nSPS) is 12.3. The fourth-order valence-electron chi connectivity index (χ4n) is 1.88. The Kier molecular flexibility index (Phi) is 4.59. The Bertz CT molecular complexity index is 466. The second-order valence-corrected chi connectivity index (χ2v) is 4.57. The van der Waals surface area contributed by atoms with E-state index in [1.165, 1.54) is 25.3 Å². The molecule has 0 spiro atoms. The van der Waals surface area contributed by atoms with E-state index >= 15 is 0 Å². The molecule has 0 bridgehead atoms. The molecule has 1 rings (SSSR count). The maximum Gasteiger partial charge on any atom is 0.316 e. The standard InChI is InChI=1S/C14H17FO3/c1-8(2)12(14(17)18-4)13(16)11-6-5-10(15)7-9(11)3/h5-8,12H,1-4H3. The second kappa shape index (κ2) is 5.76. The van der Waals surface area contributed by atoms with E-state index in [-0.39, 0.29) is 11.7 Å². The van der Waals surface area contributed by atoms with Gasteiger partial charge in [0.15, 0.2) is 5.78 Å². The molecule has 1 aromatic carbocycles. The van der Waals surface area contributed by atoms with Gasteiger partial charge in [0.25, 0.3) is 0 Å². The maximum atomic E-state index is 13.0. The van der Waals surface area contributed by atoms with Crippen molar-refractivity contribution in [2.45, 2.75) is 20.8 Å². The number of aryl methyl sites for hydroxylation is 1. The van der Waals surface area contributed by atoms with Crippen LogP contribution in [0.2, 0.25) is 0 Å². The van der Waals surface area contributed by atoms with Crippen LogP contribution in [0.25, 0.3) is 0 Å². The quantitative estimate of drug-likeness (QED) is 0.470. The molecule has 0 saturated carbocycles. The summed E-state index contributed by atoms with van der Waals surface area (Å²) in [6.07, 6.45) is 0. The first-order valence-electron chi connectivity index (χ1n) is 5.76. The number of halogens is 1. The van der Waals surface area contributed by atoms with Crippen molar-refractivity contribution in [1.29, 1.82) is 0 Å². The summed E-state index contributed by atoms with van der Waals surface area (Å²) in [5.41, 5.74) is 0.884.